The standard InChI is InChI=1S/C13H17NO2.C2H3F3/c15-13(16)7-6-11-8-9-14(10-11)12-4-2-1-3-5-12;1-2(3,4)5/h1-5,11H,6-10H2,(H,15,16);1H3. The third-order valence-electron chi connectivity index (χ3n) is 3.17. The van der Waals surface area contributed by atoms with Crippen molar-refractivity contribution < 1.29 is 23.1 Å². The number of alkyl halides is 3. The van der Waals surface area contributed by atoms with E-state index < -0.39 is 12.1 Å². The molecule has 2 rings (SSSR count). The summed E-state index contributed by atoms with van der Waals surface area (Å²) in [6.45, 7) is 2.23. The average molecular weight is 303 g/mol. The molecule has 1 heterocycles. The molecule has 1 aromatic carbocycles. The maximum atomic E-state index is 10.5. The number of anilines is 1. The normalized spacial score (nSPS) is 18.1. The third kappa shape index (κ3) is 8.22. The molecule has 1 N–H and O–H groups in total. The maximum absolute atomic E-state index is 10.5. The second kappa shape index (κ2) is 7.90. The van der Waals surface area contributed by atoms with Crippen LogP contribution in [0.4, 0.5) is 18.9 Å². The van der Waals surface area contributed by atoms with Crippen LogP contribution in [0.3, 0.4) is 0 Å². The van der Waals surface area contributed by atoms with Gasteiger partial charge in [0.15, 0.2) is 0 Å². The topological polar surface area (TPSA) is 40.5 Å². The van der Waals surface area contributed by atoms with Crippen molar-refractivity contribution >= 4 is 11.7 Å². The highest BCUT2D eigenvalue weighted by molar-refractivity contribution is 5.66. The molecule has 1 fully saturated rings. The average Bonchev–Trinajstić information content (AvgIpc) is 2.84. The molecule has 0 spiro atoms. The Kier molecular flexibility index (Phi) is 6.52. The van der Waals surface area contributed by atoms with Gasteiger partial charge < -0.3 is 10.0 Å². The van der Waals surface area contributed by atoms with Gasteiger partial charge in [0.25, 0.3) is 0 Å². The molecule has 0 aliphatic carbocycles. The smallest absolute Gasteiger partial charge is 0.386 e. The molecule has 0 amide bonds. The fraction of sp³-hybridized carbons (Fsp3) is 0.533. The van der Waals surface area contributed by atoms with Crippen LogP contribution in [0.2, 0.25) is 0 Å². The lowest BCUT2D eigenvalue weighted by Gasteiger charge is -2.18. The zero-order chi connectivity index (χ0) is 15.9. The summed E-state index contributed by atoms with van der Waals surface area (Å²) in [6.07, 6.45) is -1.78. The molecule has 1 atom stereocenters. The number of carboxylic acid groups (broad SMARTS) is 1. The number of aliphatic carboxylic acids is 1. The number of hydrogen-bond acceptors (Lipinski definition) is 2. The van der Waals surface area contributed by atoms with E-state index in [1.54, 1.807) is 0 Å². The van der Waals surface area contributed by atoms with E-state index in [0.29, 0.717) is 12.3 Å². The molecule has 1 saturated heterocycles. The van der Waals surface area contributed by atoms with Gasteiger partial charge in [0, 0.05) is 32.1 Å². The Hall–Kier alpha value is -1.72. The Morgan fingerprint density at radius 1 is 1.33 bits per heavy atom. The quantitative estimate of drug-likeness (QED) is 0.915. The van der Waals surface area contributed by atoms with Gasteiger partial charge in [-0.2, -0.15) is 13.2 Å². The molecule has 1 aromatic rings. The summed E-state index contributed by atoms with van der Waals surface area (Å²) >= 11 is 0. The number of hydrogen-bond donors (Lipinski definition) is 1. The molecule has 3 nitrogen and oxygen atoms in total. The van der Waals surface area contributed by atoms with Gasteiger partial charge >= 0.3 is 12.1 Å². The predicted octanol–water partition coefficient (Wildman–Crippen LogP) is 3.95. The molecule has 1 unspecified atom stereocenters. The number of carboxylic acids is 1. The minimum Gasteiger partial charge on any atom is -0.481 e. The highest BCUT2D eigenvalue weighted by Gasteiger charge is 2.22. The Morgan fingerprint density at radius 2 is 1.90 bits per heavy atom. The first kappa shape index (κ1) is 17.3. The van der Waals surface area contributed by atoms with Crippen molar-refractivity contribution in [1.82, 2.24) is 0 Å². The summed E-state index contributed by atoms with van der Waals surface area (Å²) in [5.41, 5.74) is 1.25. The van der Waals surface area contributed by atoms with Crippen molar-refractivity contribution in [3.8, 4) is 0 Å². The van der Waals surface area contributed by atoms with Gasteiger partial charge in [-0.05, 0) is 30.9 Å². The van der Waals surface area contributed by atoms with Crippen molar-refractivity contribution in [1.29, 1.82) is 0 Å². The fourth-order valence-corrected chi connectivity index (χ4v) is 2.27. The van der Waals surface area contributed by atoms with Crippen molar-refractivity contribution in [2.45, 2.75) is 32.4 Å². The summed E-state index contributed by atoms with van der Waals surface area (Å²) in [5.74, 6) is -0.144. The van der Waals surface area contributed by atoms with E-state index >= 15 is 0 Å². The first-order valence-electron chi connectivity index (χ1n) is 6.84. The van der Waals surface area contributed by atoms with Gasteiger partial charge in [0.1, 0.15) is 0 Å². The van der Waals surface area contributed by atoms with Crippen LogP contribution in [0.25, 0.3) is 0 Å². The minimum atomic E-state index is -4.00. The highest BCUT2D eigenvalue weighted by Crippen LogP contribution is 2.26. The second-order valence-electron chi connectivity index (χ2n) is 5.15. The third-order valence-corrected chi connectivity index (χ3v) is 3.17. The fourth-order valence-electron chi connectivity index (χ4n) is 2.27. The van der Waals surface area contributed by atoms with Crippen LogP contribution >= 0.6 is 0 Å². The molecule has 6 heteroatoms. The summed E-state index contributed by atoms with van der Waals surface area (Å²) in [5, 5.41) is 8.64. The highest BCUT2D eigenvalue weighted by atomic mass is 19.4. The van der Waals surface area contributed by atoms with E-state index in [0.717, 1.165) is 25.9 Å². The number of halogens is 3. The summed E-state index contributed by atoms with van der Waals surface area (Å²) in [6, 6.07) is 10.3. The van der Waals surface area contributed by atoms with Crippen LogP contribution in [0, 0.1) is 5.92 Å². The summed E-state index contributed by atoms with van der Waals surface area (Å²) < 4.78 is 31.1. The zero-order valence-corrected chi connectivity index (χ0v) is 11.9. The maximum Gasteiger partial charge on any atom is 0.386 e. The van der Waals surface area contributed by atoms with Crippen LogP contribution in [0.1, 0.15) is 26.2 Å². The minimum absolute atomic E-state index is 0.188. The van der Waals surface area contributed by atoms with Crippen LogP contribution in [-0.2, 0) is 4.79 Å². The molecule has 0 saturated carbocycles. The monoisotopic (exact) mass is 303 g/mol. The molecule has 0 radical (unpaired) electrons. The lowest BCUT2D eigenvalue weighted by molar-refractivity contribution is -0.137. The summed E-state index contributed by atoms with van der Waals surface area (Å²) in [4.78, 5) is 12.8. The number of rotatable bonds is 4. The van der Waals surface area contributed by atoms with Gasteiger partial charge in [-0.25, -0.2) is 0 Å². The number of benzene rings is 1. The van der Waals surface area contributed by atoms with E-state index in [-0.39, 0.29) is 6.92 Å². The molecule has 21 heavy (non-hydrogen) atoms. The SMILES string of the molecule is CC(F)(F)F.O=C(O)CCC1CCN(c2ccccc2)C1. The number of para-hydroxylation sites is 1. The van der Waals surface area contributed by atoms with Crippen LogP contribution in [0.15, 0.2) is 30.3 Å². The second-order valence-corrected chi connectivity index (χ2v) is 5.15. The zero-order valence-electron chi connectivity index (χ0n) is 11.9. The molecular formula is C15H20F3NO2. The van der Waals surface area contributed by atoms with Crippen LogP contribution < -0.4 is 4.90 Å². The van der Waals surface area contributed by atoms with E-state index in [1.807, 2.05) is 18.2 Å². The molecule has 1 aliphatic heterocycles. The van der Waals surface area contributed by atoms with Gasteiger partial charge in [-0.15, -0.1) is 0 Å². The lowest BCUT2D eigenvalue weighted by Crippen LogP contribution is -2.19. The lowest BCUT2D eigenvalue weighted by atomic mass is 10.0. The Morgan fingerprint density at radius 3 is 2.43 bits per heavy atom. The molecule has 118 valence electrons. The molecule has 0 aromatic heterocycles. The van der Waals surface area contributed by atoms with E-state index in [2.05, 4.69) is 17.0 Å². The van der Waals surface area contributed by atoms with Crippen molar-refractivity contribution in [3.05, 3.63) is 30.3 Å². The first-order chi connectivity index (χ1) is 9.75. The first-order valence-corrected chi connectivity index (χ1v) is 6.84. The number of nitrogens with zero attached hydrogens (tertiary/aromatic N) is 1. The van der Waals surface area contributed by atoms with Gasteiger partial charge in [0.05, 0.1) is 0 Å². The van der Waals surface area contributed by atoms with Crippen molar-refractivity contribution in [2.75, 3.05) is 18.0 Å². The predicted molar refractivity (Wildman–Crippen MR) is 75.4 cm³/mol. The molecule has 1 aliphatic rings. The van der Waals surface area contributed by atoms with Gasteiger partial charge in [0.2, 0.25) is 0 Å². The number of carbonyl (C=O) groups is 1. The molecular weight excluding hydrogens is 283 g/mol. The van der Waals surface area contributed by atoms with E-state index in [4.69, 9.17) is 5.11 Å². The van der Waals surface area contributed by atoms with Crippen molar-refractivity contribution in [2.24, 2.45) is 5.92 Å². The summed E-state index contributed by atoms with van der Waals surface area (Å²) in [7, 11) is 0. The van der Waals surface area contributed by atoms with E-state index in [1.165, 1.54) is 5.69 Å². The largest absolute Gasteiger partial charge is 0.481 e. The van der Waals surface area contributed by atoms with Crippen LogP contribution in [0.5, 0.6) is 0 Å². The van der Waals surface area contributed by atoms with Crippen LogP contribution in [-0.4, -0.2) is 30.3 Å². The van der Waals surface area contributed by atoms with Gasteiger partial charge in [-0.1, -0.05) is 18.2 Å². The van der Waals surface area contributed by atoms with Gasteiger partial charge in [-0.3, -0.25) is 4.79 Å². The van der Waals surface area contributed by atoms with E-state index in [9.17, 15) is 18.0 Å². The molecule has 0 bridgehead atoms. The Bertz CT molecular complexity index is 428. The Labute approximate surface area is 122 Å². The van der Waals surface area contributed by atoms with Crippen molar-refractivity contribution in [3.63, 3.8) is 0 Å². The Balaban J connectivity index is 0.000000383.